The Hall–Kier alpha value is -1.06. The van der Waals surface area contributed by atoms with E-state index in [9.17, 15) is 4.79 Å². The number of hydrogen-bond donors (Lipinski definition) is 1. The molecule has 0 saturated carbocycles. The number of nitrogens with one attached hydrogen (secondary N) is 1. The van der Waals surface area contributed by atoms with E-state index in [1.54, 1.807) is 24.4 Å². The van der Waals surface area contributed by atoms with Crippen LogP contribution in [0, 0.1) is 0 Å². The molecular weight excluding hydrogens is 343 g/mol. The second kappa shape index (κ2) is 13.3. The smallest absolute Gasteiger partial charge is 0.267 e. The normalized spacial score (nSPS) is 11.1. The molecule has 1 aromatic carbocycles. The quantitative estimate of drug-likeness (QED) is 0.250. The first-order valence-corrected chi connectivity index (χ1v) is 9.67. The molecule has 0 aliphatic rings. The number of rotatable bonds is 12. The minimum absolute atomic E-state index is 0.319. The molecule has 1 amide bonds. The van der Waals surface area contributed by atoms with Crippen LogP contribution >= 0.6 is 23.2 Å². The summed E-state index contributed by atoms with van der Waals surface area (Å²) >= 11 is 11.8. The average molecular weight is 371 g/mol. The Morgan fingerprint density at radius 2 is 1.67 bits per heavy atom. The summed E-state index contributed by atoms with van der Waals surface area (Å²) in [4.78, 5) is 11.9. The Balaban J connectivity index is 2.06. The van der Waals surface area contributed by atoms with Crippen LogP contribution in [0.3, 0.4) is 0 Å². The first-order valence-electron chi connectivity index (χ1n) is 8.92. The molecule has 0 aliphatic carbocycles. The van der Waals surface area contributed by atoms with E-state index < -0.39 is 0 Å². The molecule has 0 spiro atoms. The number of halogens is 2. The van der Waals surface area contributed by atoms with Crippen molar-refractivity contribution in [2.45, 2.75) is 71.1 Å². The van der Waals surface area contributed by atoms with Crippen molar-refractivity contribution in [1.82, 2.24) is 5.43 Å². The summed E-state index contributed by atoms with van der Waals surface area (Å²) < 4.78 is 0. The van der Waals surface area contributed by atoms with Crippen molar-refractivity contribution >= 4 is 35.3 Å². The Labute approximate surface area is 155 Å². The predicted octanol–water partition coefficient (Wildman–Crippen LogP) is 6.63. The number of hydrazone groups is 1. The van der Waals surface area contributed by atoms with Gasteiger partial charge in [0.25, 0.3) is 5.91 Å². The number of unbranched alkanes of at least 4 members (excludes halogenated alkanes) is 9. The van der Waals surface area contributed by atoms with Crippen LogP contribution in [0.15, 0.2) is 23.3 Å². The molecule has 0 unspecified atom stereocenters. The summed E-state index contributed by atoms with van der Waals surface area (Å²) in [5.74, 6) is -0.319. The topological polar surface area (TPSA) is 41.5 Å². The largest absolute Gasteiger partial charge is 0.272 e. The highest BCUT2D eigenvalue weighted by Crippen LogP contribution is 2.20. The second-order valence-corrected chi connectivity index (χ2v) is 6.84. The lowest BCUT2D eigenvalue weighted by Gasteiger charge is -2.03. The lowest BCUT2D eigenvalue weighted by Crippen LogP contribution is -2.17. The van der Waals surface area contributed by atoms with Gasteiger partial charge in [0.05, 0.1) is 10.6 Å². The van der Waals surface area contributed by atoms with E-state index in [0.717, 1.165) is 12.8 Å². The third-order valence-corrected chi connectivity index (χ3v) is 4.42. The van der Waals surface area contributed by atoms with Gasteiger partial charge in [0.15, 0.2) is 0 Å². The minimum atomic E-state index is -0.319. The summed E-state index contributed by atoms with van der Waals surface area (Å²) in [7, 11) is 0. The van der Waals surface area contributed by atoms with E-state index in [1.165, 1.54) is 51.4 Å². The molecule has 1 rings (SSSR count). The molecule has 0 heterocycles. The molecule has 3 nitrogen and oxygen atoms in total. The Kier molecular flexibility index (Phi) is 11.6. The third-order valence-electron chi connectivity index (χ3n) is 3.87. The SMILES string of the molecule is CCCCCCCCCCCC=NNC(=O)c1ccc(Cl)cc1Cl. The van der Waals surface area contributed by atoms with Gasteiger partial charge < -0.3 is 0 Å². The van der Waals surface area contributed by atoms with Crippen LogP contribution in [0.2, 0.25) is 10.0 Å². The molecule has 134 valence electrons. The number of carbonyl (C=O) groups excluding carboxylic acids is 1. The molecule has 1 N–H and O–H groups in total. The van der Waals surface area contributed by atoms with Crippen molar-refractivity contribution in [3.05, 3.63) is 33.8 Å². The maximum absolute atomic E-state index is 11.9. The lowest BCUT2D eigenvalue weighted by molar-refractivity contribution is 0.0955. The van der Waals surface area contributed by atoms with Gasteiger partial charge in [0, 0.05) is 11.2 Å². The number of benzene rings is 1. The van der Waals surface area contributed by atoms with Crippen molar-refractivity contribution in [3.63, 3.8) is 0 Å². The van der Waals surface area contributed by atoms with Crippen LogP contribution in [-0.2, 0) is 0 Å². The lowest BCUT2D eigenvalue weighted by atomic mass is 10.1. The van der Waals surface area contributed by atoms with Crippen LogP contribution in [0.25, 0.3) is 0 Å². The molecule has 0 saturated heterocycles. The van der Waals surface area contributed by atoms with E-state index >= 15 is 0 Å². The summed E-state index contributed by atoms with van der Waals surface area (Å²) in [6.07, 6.45) is 14.3. The highest BCUT2D eigenvalue weighted by Gasteiger charge is 2.09. The van der Waals surface area contributed by atoms with Gasteiger partial charge in [-0.25, -0.2) is 5.43 Å². The molecule has 0 bridgehead atoms. The fourth-order valence-electron chi connectivity index (χ4n) is 2.45. The fraction of sp³-hybridized carbons (Fsp3) is 0.579. The van der Waals surface area contributed by atoms with Gasteiger partial charge >= 0.3 is 0 Å². The van der Waals surface area contributed by atoms with Gasteiger partial charge in [-0.15, -0.1) is 0 Å². The van der Waals surface area contributed by atoms with Crippen molar-refractivity contribution < 1.29 is 4.79 Å². The van der Waals surface area contributed by atoms with Crippen LogP contribution in [0.4, 0.5) is 0 Å². The number of hydrogen-bond acceptors (Lipinski definition) is 2. The molecule has 0 aliphatic heterocycles. The van der Waals surface area contributed by atoms with Gasteiger partial charge in [0.1, 0.15) is 0 Å². The van der Waals surface area contributed by atoms with Crippen molar-refractivity contribution in [3.8, 4) is 0 Å². The third kappa shape index (κ3) is 9.29. The van der Waals surface area contributed by atoms with E-state index in [-0.39, 0.29) is 5.91 Å². The maximum atomic E-state index is 11.9. The fourth-order valence-corrected chi connectivity index (χ4v) is 2.94. The summed E-state index contributed by atoms with van der Waals surface area (Å²) in [6, 6.07) is 4.77. The van der Waals surface area contributed by atoms with Gasteiger partial charge in [0.2, 0.25) is 0 Å². The predicted molar refractivity (Wildman–Crippen MR) is 104 cm³/mol. The molecule has 24 heavy (non-hydrogen) atoms. The van der Waals surface area contributed by atoms with E-state index in [0.29, 0.717) is 15.6 Å². The van der Waals surface area contributed by atoms with E-state index in [2.05, 4.69) is 17.5 Å². The highest BCUT2D eigenvalue weighted by atomic mass is 35.5. The summed E-state index contributed by atoms with van der Waals surface area (Å²) in [5.41, 5.74) is 2.87. The summed E-state index contributed by atoms with van der Waals surface area (Å²) in [5, 5.41) is 4.80. The zero-order valence-electron chi connectivity index (χ0n) is 14.5. The molecular formula is C19H28Cl2N2O. The van der Waals surface area contributed by atoms with Crippen LogP contribution in [-0.4, -0.2) is 12.1 Å². The van der Waals surface area contributed by atoms with Crippen LogP contribution in [0.5, 0.6) is 0 Å². The van der Waals surface area contributed by atoms with Crippen LogP contribution < -0.4 is 5.43 Å². The van der Waals surface area contributed by atoms with Gasteiger partial charge in [-0.05, 0) is 31.0 Å². The standard InChI is InChI=1S/C19H28Cl2N2O/c1-2-3-4-5-6-7-8-9-10-11-14-22-23-19(24)17-13-12-16(20)15-18(17)21/h12-15H,2-11H2,1H3,(H,23,24). The van der Waals surface area contributed by atoms with E-state index in [1.807, 2.05) is 0 Å². The van der Waals surface area contributed by atoms with Crippen molar-refractivity contribution in [2.24, 2.45) is 5.10 Å². The summed E-state index contributed by atoms with van der Waals surface area (Å²) in [6.45, 7) is 2.24. The van der Waals surface area contributed by atoms with Gasteiger partial charge in [-0.2, -0.15) is 5.10 Å². The molecule has 1 aromatic rings. The van der Waals surface area contributed by atoms with Crippen molar-refractivity contribution in [2.75, 3.05) is 0 Å². The second-order valence-electron chi connectivity index (χ2n) is 5.99. The van der Waals surface area contributed by atoms with Crippen LogP contribution in [0.1, 0.15) is 81.5 Å². The number of nitrogens with zero attached hydrogens (tertiary/aromatic N) is 1. The van der Waals surface area contributed by atoms with Gasteiger partial charge in [-0.1, -0.05) is 81.5 Å². The monoisotopic (exact) mass is 370 g/mol. The molecule has 0 atom stereocenters. The molecule has 0 fully saturated rings. The zero-order chi connectivity index (χ0) is 17.6. The number of carbonyl (C=O) groups is 1. The Bertz CT molecular complexity index is 518. The Morgan fingerprint density at radius 3 is 2.29 bits per heavy atom. The van der Waals surface area contributed by atoms with E-state index in [4.69, 9.17) is 23.2 Å². The first kappa shape index (κ1) is 21.0. The maximum Gasteiger partial charge on any atom is 0.272 e. The number of amides is 1. The minimum Gasteiger partial charge on any atom is -0.267 e. The van der Waals surface area contributed by atoms with Gasteiger partial charge in [-0.3, -0.25) is 4.79 Å². The highest BCUT2D eigenvalue weighted by molar-refractivity contribution is 6.36. The molecule has 5 heteroatoms. The first-order chi connectivity index (χ1) is 11.6. The average Bonchev–Trinajstić information content (AvgIpc) is 2.55. The molecule has 0 radical (unpaired) electrons. The Morgan fingerprint density at radius 1 is 1.04 bits per heavy atom. The van der Waals surface area contributed by atoms with Crippen molar-refractivity contribution in [1.29, 1.82) is 0 Å². The zero-order valence-corrected chi connectivity index (χ0v) is 16.0. The molecule has 0 aromatic heterocycles.